The number of nitriles is 1. The standard InChI is InChI=1S/C21H22N2O4/c1-25-11-10-23-21(24)18(14-22)12-17-8-9-19(20(13-17)26-2)27-15-16-6-4-3-5-7-16/h3-9,12-13H,10-11,15H2,1-2H3,(H,23,24)/b18-12+. The second kappa shape index (κ2) is 10.6. The number of nitrogens with one attached hydrogen (secondary N) is 1. The van der Waals surface area contributed by atoms with Crippen LogP contribution in [0.5, 0.6) is 11.5 Å². The molecule has 0 saturated heterocycles. The molecule has 6 nitrogen and oxygen atoms in total. The van der Waals surface area contributed by atoms with Crippen LogP contribution in [0.15, 0.2) is 54.1 Å². The van der Waals surface area contributed by atoms with Crippen molar-refractivity contribution in [2.45, 2.75) is 6.61 Å². The number of nitrogens with zero attached hydrogens (tertiary/aromatic N) is 1. The zero-order chi connectivity index (χ0) is 19.5. The highest BCUT2D eigenvalue weighted by Gasteiger charge is 2.10. The maximum absolute atomic E-state index is 12.0. The molecule has 2 rings (SSSR count). The fraction of sp³-hybridized carbons (Fsp3) is 0.238. The summed E-state index contributed by atoms with van der Waals surface area (Å²) in [6, 6.07) is 17.0. The maximum Gasteiger partial charge on any atom is 0.262 e. The van der Waals surface area contributed by atoms with Gasteiger partial charge in [-0.2, -0.15) is 5.26 Å². The van der Waals surface area contributed by atoms with Crippen LogP contribution in [0, 0.1) is 11.3 Å². The number of hydrogen-bond acceptors (Lipinski definition) is 5. The molecular weight excluding hydrogens is 344 g/mol. The van der Waals surface area contributed by atoms with Crippen LogP contribution >= 0.6 is 0 Å². The van der Waals surface area contributed by atoms with Crippen LogP contribution < -0.4 is 14.8 Å². The van der Waals surface area contributed by atoms with E-state index in [1.165, 1.54) is 6.08 Å². The predicted molar refractivity (Wildman–Crippen MR) is 102 cm³/mol. The Kier molecular flexibility index (Phi) is 7.89. The molecule has 0 fully saturated rings. The summed E-state index contributed by atoms with van der Waals surface area (Å²) in [6.07, 6.45) is 1.51. The first-order valence-corrected chi connectivity index (χ1v) is 8.41. The van der Waals surface area contributed by atoms with Crippen LogP contribution in [0.4, 0.5) is 0 Å². The third-order valence-corrected chi connectivity index (χ3v) is 3.69. The van der Waals surface area contributed by atoms with Gasteiger partial charge in [0.2, 0.25) is 0 Å². The average molecular weight is 366 g/mol. The number of methoxy groups -OCH3 is 2. The van der Waals surface area contributed by atoms with Gasteiger partial charge in [-0.3, -0.25) is 4.79 Å². The molecule has 1 amide bonds. The third kappa shape index (κ3) is 6.17. The first-order valence-electron chi connectivity index (χ1n) is 8.41. The first-order chi connectivity index (χ1) is 13.2. The zero-order valence-corrected chi connectivity index (χ0v) is 15.4. The number of hydrogen-bond donors (Lipinski definition) is 1. The van der Waals surface area contributed by atoms with Crippen LogP contribution in [-0.4, -0.2) is 33.3 Å². The van der Waals surface area contributed by atoms with E-state index in [0.717, 1.165) is 5.56 Å². The summed E-state index contributed by atoms with van der Waals surface area (Å²) in [5.74, 6) is 0.663. The highest BCUT2D eigenvalue weighted by atomic mass is 16.5. The fourth-order valence-corrected chi connectivity index (χ4v) is 2.31. The molecule has 2 aromatic rings. The van der Waals surface area contributed by atoms with Gasteiger partial charge in [0.25, 0.3) is 5.91 Å². The van der Waals surface area contributed by atoms with E-state index in [2.05, 4.69) is 5.32 Å². The molecule has 0 atom stereocenters. The number of ether oxygens (including phenoxy) is 3. The van der Waals surface area contributed by atoms with Crippen molar-refractivity contribution >= 4 is 12.0 Å². The summed E-state index contributed by atoms with van der Waals surface area (Å²) >= 11 is 0. The molecule has 2 aromatic carbocycles. The summed E-state index contributed by atoms with van der Waals surface area (Å²) in [7, 11) is 3.09. The molecule has 27 heavy (non-hydrogen) atoms. The van der Waals surface area contributed by atoms with Gasteiger partial charge in [0.05, 0.1) is 13.7 Å². The van der Waals surface area contributed by atoms with Crippen LogP contribution in [-0.2, 0) is 16.1 Å². The van der Waals surface area contributed by atoms with Gasteiger partial charge in [0.1, 0.15) is 18.2 Å². The SMILES string of the molecule is COCCNC(=O)/C(C#N)=C/c1ccc(OCc2ccccc2)c(OC)c1. The number of carbonyl (C=O) groups excluding carboxylic acids is 1. The van der Waals surface area contributed by atoms with Gasteiger partial charge in [-0.15, -0.1) is 0 Å². The Morgan fingerprint density at radius 2 is 1.93 bits per heavy atom. The summed E-state index contributed by atoms with van der Waals surface area (Å²) in [5, 5.41) is 11.9. The lowest BCUT2D eigenvalue weighted by Gasteiger charge is -2.11. The van der Waals surface area contributed by atoms with E-state index in [9.17, 15) is 10.1 Å². The minimum absolute atomic E-state index is 0.00566. The van der Waals surface area contributed by atoms with Gasteiger partial charge < -0.3 is 19.5 Å². The van der Waals surface area contributed by atoms with E-state index in [-0.39, 0.29) is 5.57 Å². The minimum atomic E-state index is -0.446. The van der Waals surface area contributed by atoms with E-state index in [1.807, 2.05) is 36.4 Å². The topological polar surface area (TPSA) is 80.6 Å². The monoisotopic (exact) mass is 366 g/mol. The Hall–Kier alpha value is -3.30. The molecule has 0 spiro atoms. The van der Waals surface area contributed by atoms with E-state index in [1.54, 1.807) is 32.4 Å². The largest absolute Gasteiger partial charge is 0.493 e. The van der Waals surface area contributed by atoms with Crippen molar-refractivity contribution in [3.05, 3.63) is 65.2 Å². The molecule has 0 radical (unpaired) electrons. The summed E-state index contributed by atoms with van der Waals surface area (Å²) < 4.78 is 16.1. The molecular formula is C21H22N2O4. The molecule has 0 aliphatic rings. The molecule has 0 bridgehead atoms. The Balaban J connectivity index is 2.11. The van der Waals surface area contributed by atoms with Crippen LogP contribution in [0.3, 0.4) is 0 Å². The third-order valence-electron chi connectivity index (χ3n) is 3.69. The molecule has 0 unspecified atom stereocenters. The summed E-state index contributed by atoms with van der Waals surface area (Å²) in [5.41, 5.74) is 1.71. The molecule has 6 heteroatoms. The van der Waals surface area contributed by atoms with Gasteiger partial charge in [-0.1, -0.05) is 36.4 Å². The Labute approximate surface area is 159 Å². The average Bonchev–Trinajstić information content (AvgIpc) is 2.71. The van der Waals surface area contributed by atoms with Crippen molar-refractivity contribution < 1.29 is 19.0 Å². The number of benzene rings is 2. The Morgan fingerprint density at radius 3 is 2.59 bits per heavy atom. The van der Waals surface area contributed by atoms with Crippen molar-refractivity contribution in [1.82, 2.24) is 5.32 Å². The number of carbonyl (C=O) groups is 1. The lowest BCUT2D eigenvalue weighted by Crippen LogP contribution is -2.27. The van der Waals surface area contributed by atoms with Gasteiger partial charge >= 0.3 is 0 Å². The van der Waals surface area contributed by atoms with Crippen molar-refractivity contribution in [3.63, 3.8) is 0 Å². The van der Waals surface area contributed by atoms with Gasteiger partial charge in [0.15, 0.2) is 11.5 Å². The maximum atomic E-state index is 12.0. The second-order valence-corrected chi connectivity index (χ2v) is 5.60. The van der Waals surface area contributed by atoms with E-state index in [4.69, 9.17) is 14.2 Å². The van der Waals surface area contributed by atoms with Gasteiger partial charge in [-0.25, -0.2) is 0 Å². The van der Waals surface area contributed by atoms with Gasteiger partial charge in [0, 0.05) is 13.7 Å². The molecule has 1 N–H and O–H groups in total. The smallest absolute Gasteiger partial charge is 0.262 e. The lowest BCUT2D eigenvalue weighted by atomic mass is 10.1. The summed E-state index contributed by atoms with van der Waals surface area (Å²) in [6.45, 7) is 1.13. The van der Waals surface area contributed by atoms with Gasteiger partial charge in [-0.05, 0) is 29.3 Å². The first kappa shape index (κ1) is 20.0. The molecule has 0 aliphatic carbocycles. The van der Waals surface area contributed by atoms with E-state index in [0.29, 0.717) is 36.8 Å². The minimum Gasteiger partial charge on any atom is -0.493 e. The molecule has 0 heterocycles. The number of amides is 1. The highest BCUT2D eigenvalue weighted by Crippen LogP contribution is 2.29. The summed E-state index contributed by atoms with van der Waals surface area (Å²) in [4.78, 5) is 12.0. The lowest BCUT2D eigenvalue weighted by molar-refractivity contribution is -0.117. The van der Waals surface area contributed by atoms with E-state index < -0.39 is 5.91 Å². The molecule has 0 aliphatic heterocycles. The van der Waals surface area contributed by atoms with Crippen molar-refractivity contribution in [2.24, 2.45) is 0 Å². The number of rotatable bonds is 9. The van der Waals surface area contributed by atoms with Crippen LogP contribution in [0.25, 0.3) is 6.08 Å². The quantitative estimate of drug-likeness (QED) is 0.419. The fourth-order valence-electron chi connectivity index (χ4n) is 2.31. The Bertz CT molecular complexity index is 826. The van der Waals surface area contributed by atoms with Crippen LogP contribution in [0.1, 0.15) is 11.1 Å². The normalized spacial score (nSPS) is 10.8. The van der Waals surface area contributed by atoms with Crippen LogP contribution in [0.2, 0.25) is 0 Å². The van der Waals surface area contributed by atoms with Crippen molar-refractivity contribution in [2.75, 3.05) is 27.4 Å². The second-order valence-electron chi connectivity index (χ2n) is 5.60. The predicted octanol–water partition coefficient (Wildman–Crippen LogP) is 2.94. The molecule has 0 saturated carbocycles. The van der Waals surface area contributed by atoms with Crippen molar-refractivity contribution in [1.29, 1.82) is 5.26 Å². The Morgan fingerprint density at radius 1 is 1.15 bits per heavy atom. The van der Waals surface area contributed by atoms with Crippen molar-refractivity contribution in [3.8, 4) is 17.6 Å². The molecule has 0 aromatic heterocycles. The molecule has 140 valence electrons. The zero-order valence-electron chi connectivity index (χ0n) is 15.4. The van der Waals surface area contributed by atoms with E-state index >= 15 is 0 Å². The highest BCUT2D eigenvalue weighted by molar-refractivity contribution is 6.01.